The fourth-order valence-corrected chi connectivity index (χ4v) is 3.52. The first-order valence-electron chi connectivity index (χ1n) is 9.82. The van der Waals surface area contributed by atoms with Gasteiger partial charge in [0.1, 0.15) is 11.5 Å². The van der Waals surface area contributed by atoms with Gasteiger partial charge in [-0.05, 0) is 42.8 Å². The summed E-state index contributed by atoms with van der Waals surface area (Å²) in [7, 11) is 3.09. The second-order valence-electron chi connectivity index (χ2n) is 6.98. The minimum absolute atomic E-state index is 0.0380. The van der Waals surface area contributed by atoms with E-state index < -0.39 is 5.91 Å². The summed E-state index contributed by atoms with van der Waals surface area (Å²) >= 11 is 3.45. The maximum Gasteiger partial charge on any atom is 0.295 e. The van der Waals surface area contributed by atoms with Gasteiger partial charge in [-0.2, -0.15) is 0 Å². The van der Waals surface area contributed by atoms with E-state index >= 15 is 0 Å². The van der Waals surface area contributed by atoms with E-state index in [1.54, 1.807) is 30.0 Å². The lowest BCUT2D eigenvalue weighted by atomic mass is 10.2. The molecule has 0 radical (unpaired) electrons. The van der Waals surface area contributed by atoms with Gasteiger partial charge in [0.15, 0.2) is 5.82 Å². The summed E-state index contributed by atoms with van der Waals surface area (Å²) in [5.41, 5.74) is 3.16. The number of nitrogens with zero attached hydrogens (tertiary/aromatic N) is 3. The zero-order valence-electron chi connectivity index (χ0n) is 17.8. The van der Waals surface area contributed by atoms with Gasteiger partial charge in [-0.15, -0.1) is 5.10 Å². The van der Waals surface area contributed by atoms with Gasteiger partial charge in [0.25, 0.3) is 5.91 Å². The highest BCUT2D eigenvalue weighted by Crippen LogP contribution is 2.30. The molecule has 1 N–H and O–H groups in total. The fraction of sp³-hybridized carbons (Fsp3) is 0.125. The molecule has 162 valence electrons. The molecule has 7 nitrogen and oxygen atoms in total. The normalized spacial score (nSPS) is 10.6. The second kappa shape index (κ2) is 9.23. The average Bonchev–Trinajstić information content (AvgIpc) is 3.25. The molecule has 1 aromatic heterocycles. The molecule has 0 saturated carbocycles. The van der Waals surface area contributed by atoms with E-state index in [1.807, 2.05) is 55.5 Å². The Kier molecular flexibility index (Phi) is 6.23. The van der Waals surface area contributed by atoms with E-state index in [1.165, 1.54) is 7.11 Å². The molecule has 8 heteroatoms. The van der Waals surface area contributed by atoms with Crippen molar-refractivity contribution in [1.29, 1.82) is 0 Å². The van der Waals surface area contributed by atoms with Crippen LogP contribution in [0.2, 0.25) is 0 Å². The molecule has 0 atom stereocenters. The third kappa shape index (κ3) is 4.36. The van der Waals surface area contributed by atoms with Gasteiger partial charge in [0.2, 0.25) is 5.82 Å². The number of hydrogen-bond acceptors (Lipinski definition) is 5. The fourth-order valence-electron chi connectivity index (χ4n) is 3.25. The Morgan fingerprint density at radius 1 is 1.00 bits per heavy atom. The topological polar surface area (TPSA) is 78.3 Å². The molecule has 0 aliphatic rings. The van der Waals surface area contributed by atoms with Crippen molar-refractivity contribution in [2.24, 2.45) is 0 Å². The van der Waals surface area contributed by atoms with E-state index in [9.17, 15) is 4.79 Å². The van der Waals surface area contributed by atoms with Gasteiger partial charge < -0.3 is 14.8 Å². The number of halogens is 1. The van der Waals surface area contributed by atoms with Crippen molar-refractivity contribution in [3.63, 3.8) is 0 Å². The van der Waals surface area contributed by atoms with Crippen LogP contribution in [-0.2, 0) is 0 Å². The summed E-state index contributed by atoms with van der Waals surface area (Å²) in [6.45, 7) is 1.99. The van der Waals surface area contributed by atoms with Crippen LogP contribution >= 0.6 is 15.9 Å². The van der Waals surface area contributed by atoms with E-state index in [2.05, 4.69) is 31.3 Å². The van der Waals surface area contributed by atoms with Gasteiger partial charge in [-0.1, -0.05) is 46.3 Å². The van der Waals surface area contributed by atoms with Crippen LogP contribution < -0.4 is 14.8 Å². The Labute approximate surface area is 194 Å². The van der Waals surface area contributed by atoms with E-state index in [0.29, 0.717) is 23.0 Å². The Balaban J connectivity index is 1.77. The predicted molar refractivity (Wildman–Crippen MR) is 127 cm³/mol. The molecular formula is C24H21BrN4O3. The minimum atomic E-state index is -0.456. The summed E-state index contributed by atoms with van der Waals surface area (Å²) in [5.74, 6) is 1.24. The highest BCUT2D eigenvalue weighted by Gasteiger charge is 2.21. The lowest BCUT2D eigenvalue weighted by Crippen LogP contribution is -2.15. The molecule has 0 unspecified atom stereocenters. The summed E-state index contributed by atoms with van der Waals surface area (Å²) in [6.07, 6.45) is 0. The molecule has 0 saturated heterocycles. The van der Waals surface area contributed by atoms with Crippen molar-refractivity contribution in [3.8, 4) is 28.6 Å². The van der Waals surface area contributed by atoms with E-state index in [-0.39, 0.29) is 5.82 Å². The molecule has 0 aliphatic heterocycles. The van der Waals surface area contributed by atoms with Crippen molar-refractivity contribution in [3.05, 3.63) is 82.6 Å². The molecule has 1 heterocycles. The van der Waals surface area contributed by atoms with Crippen LogP contribution in [0, 0.1) is 6.92 Å². The number of methoxy groups -OCH3 is 2. The molecular weight excluding hydrogens is 472 g/mol. The van der Waals surface area contributed by atoms with Crippen molar-refractivity contribution in [2.75, 3.05) is 19.5 Å². The number of aromatic nitrogens is 3. The lowest BCUT2D eigenvalue weighted by Gasteiger charge is -2.10. The first-order valence-corrected chi connectivity index (χ1v) is 10.6. The van der Waals surface area contributed by atoms with Gasteiger partial charge in [-0.3, -0.25) is 4.79 Å². The lowest BCUT2D eigenvalue weighted by molar-refractivity contribution is 0.101. The number of ether oxygens (including phenoxy) is 2. The molecule has 4 aromatic rings. The van der Waals surface area contributed by atoms with Gasteiger partial charge in [-0.25, -0.2) is 9.67 Å². The number of benzene rings is 3. The number of anilines is 1. The molecule has 0 fully saturated rings. The third-order valence-corrected chi connectivity index (χ3v) is 5.44. The number of rotatable bonds is 6. The number of carbonyl (C=O) groups excluding carboxylic acids is 1. The Morgan fingerprint density at radius 2 is 1.75 bits per heavy atom. The molecule has 4 rings (SSSR count). The standard InChI is InChI=1S/C24H21BrN4O3/c1-15-6-4-5-7-20(15)29-23(16-8-10-17(25)11-9-16)27-22(28-29)24(30)26-19-14-18(31-2)12-13-21(19)32-3/h4-14H,1-3H3,(H,26,30). The quantitative estimate of drug-likeness (QED) is 0.396. The highest BCUT2D eigenvalue weighted by molar-refractivity contribution is 9.10. The highest BCUT2D eigenvalue weighted by atomic mass is 79.9. The Bertz CT molecular complexity index is 1270. The number of amides is 1. The molecule has 3 aromatic carbocycles. The van der Waals surface area contributed by atoms with Crippen molar-refractivity contribution in [2.45, 2.75) is 6.92 Å². The zero-order chi connectivity index (χ0) is 22.7. The van der Waals surface area contributed by atoms with Gasteiger partial charge >= 0.3 is 0 Å². The second-order valence-corrected chi connectivity index (χ2v) is 7.90. The molecule has 0 bridgehead atoms. The minimum Gasteiger partial charge on any atom is -0.497 e. The van der Waals surface area contributed by atoms with Crippen molar-refractivity contribution >= 4 is 27.5 Å². The maximum absolute atomic E-state index is 13.1. The average molecular weight is 493 g/mol. The van der Waals surface area contributed by atoms with Gasteiger partial charge in [0, 0.05) is 16.1 Å². The molecule has 0 spiro atoms. The van der Waals surface area contributed by atoms with Crippen molar-refractivity contribution in [1.82, 2.24) is 14.8 Å². The number of para-hydroxylation sites is 1. The third-order valence-electron chi connectivity index (χ3n) is 4.91. The van der Waals surface area contributed by atoms with Gasteiger partial charge in [0.05, 0.1) is 25.6 Å². The van der Waals surface area contributed by atoms with Crippen LogP contribution in [0.5, 0.6) is 11.5 Å². The smallest absolute Gasteiger partial charge is 0.295 e. The largest absolute Gasteiger partial charge is 0.497 e. The number of aryl methyl sites for hydroxylation is 1. The maximum atomic E-state index is 13.1. The molecule has 1 amide bonds. The van der Waals surface area contributed by atoms with Crippen LogP contribution in [0.15, 0.2) is 71.2 Å². The number of nitrogens with one attached hydrogen (secondary N) is 1. The zero-order valence-corrected chi connectivity index (χ0v) is 19.4. The number of carbonyl (C=O) groups is 1. The molecule has 32 heavy (non-hydrogen) atoms. The Hall–Kier alpha value is -3.65. The van der Waals surface area contributed by atoms with Crippen molar-refractivity contribution < 1.29 is 14.3 Å². The first-order chi connectivity index (χ1) is 15.5. The summed E-state index contributed by atoms with van der Waals surface area (Å²) in [4.78, 5) is 17.7. The summed E-state index contributed by atoms with van der Waals surface area (Å²) < 4.78 is 13.3. The predicted octanol–water partition coefficient (Wildman–Crippen LogP) is 5.27. The first kappa shape index (κ1) is 21.6. The SMILES string of the molecule is COc1ccc(OC)c(NC(=O)c2nc(-c3ccc(Br)cc3)n(-c3ccccc3C)n2)c1. The summed E-state index contributed by atoms with van der Waals surface area (Å²) in [5, 5.41) is 7.37. The van der Waals surface area contributed by atoms with E-state index in [0.717, 1.165) is 21.3 Å². The summed E-state index contributed by atoms with van der Waals surface area (Å²) in [6, 6.07) is 20.7. The number of hydrogen-bond donors (Lipinski definition) is 1. The molecule has 0 aliphatic carbocycles. The van der Waals surface area contributed by atoms with Crippen LogP contribution in [0.3, 0.4) is 0 Å². The Morgan fingerprint density at radius 3 is 2.44 bits per heavy atom. The van der Waals surface area contributed by atoms with Crippen LogP contribution in [0.4, 0.5) is 5.69 Å². The van der Waals surface area contributed by atoms with Crippen LogP contribution in [0.1, 0.15) is 16.2 Å². The van der Waals surface area contributed by atoms with Crippen LogP contribution in [-0.4, -0.2) is 34.9 Å². The van der Waals surface area contributed by atoms with Crippen LogP contribution in [0.25, 0.3) is 17.1 Å². The monoisotopic (exact) mass is 492 g/mol. The van der Waals surface area contributed by atoms with E-state index in [4.69, 9.17) is 9.47 Å².